The molecule has 0 unspecified atom stereocenters. The molecule has 7 nitrogen and oxygen atoms in total. The highest BCUT2D eigenvalue weighted by molar-refractivity contribution is 5.35. The third-order valence-electron chi connectivity index (χ3n) is 3.89. The molecular formula is C12H17N3O4. The predicted molar refractivity (Wildman–Crippen MR) is 66.6 cm³/mol. The Morgan fingerprint density at radius 3 is 3.16 bits per heavy atom. The van der Waals surface area contributed by atoms with Gasteiger partial charge in [-0.1, -0.05) is 0 Å². The molecule has 3 N–H and O–H groups in total. The molecule has 19 heavy (non-hydrogen) atoms. The Bertz CT molecular complexity index is 558. The van der Waals surface area contributed by atoms with Gasteiger partial charge in [0.1, 0.15) is 11.9 Å². The highest BCUT2D eigenvalue weighted by Crippen LogP contribution is 2.43. The first kappa shape index (κ1) is 12.6. The van der Waals surface area contributed by atoms with E-state index in [4.69, 9.17) is 15.2 Å². The minimum absolute atomic E-state index is 0.0699. The summed E-state index contributed by atoms with van der Waals surface area (Å²) in [5.74, 6) is 0.222. The number of rotatable bonds is 2. The van der Waals surface area contributed by atoms with E-state index in [2.05, 4.69) is 4.98 Å². The normalized spacial score (nSPS) is 33.6. The first-order chi connectivity index (χ1) is 9.04. The third-order valence-corrected chi connectivity index (χ3v) is 3.89. The molecule has 0 spiro atoms. The van der Waals surface area contributed by atoms with Crippen LogP contribution in [0.4, 0.5) is 5.82 Å². The Hall–Kier alpha value is -1.44. The third kappa shape index (κ3) is 1.94. The van der Waals surface area contributed by atoms with Crippen molar-refractivity contribution in [3.63, 3.8) is 0 Å². The van der Waals surface area contributed by atoms with Gasteiger partial charge in [0.15, 0.2) is 6.23 Å². The second-order valence-corrected chi connectivity index (χ2v) is 5.21. The molecule has 1 aromatic heterocycles. The molecule has 0 aliphatic carbocycles. The number of aliphatic hydroxyl groups is 1. The molecule has 2 bridgehead atoms. The Balaban J connectivity index is 2.00. The summed E-state index contributed by atoms with van der Waals surface area (Å²) < 4.78 is 12.9. The van der Waals surface area contributed by atoms with Gasteiger partial charge in [0.2, 0.25) is 0 Å². The number of nitrogens with zero attached hydrogens (tertiary/aromatic N) is 2. The van der Waals surface area contributed by atoms with Crippen LogP contribution in [0.15, 0.2) is 11.0 Å². The maximum atomic E-state index is 11.9. The molecule has 2 aliphatic rings. The maximum absolute atomic E-state index is 11.9. The van der Waals surface area contributed by atoms with Crippen molar-refractivity contribution in [3.05, 3.63) is 22.2 Å². The number of fused-ring (bicyclic) bond motifs is 2. The number of nitrogen functional groups attached to an aromatic ring is 1. The van der Waals surface area contributed by atoms with Gasteiger partial charge in [-0.25, -0.2) is 4.79 Å². The van der Waals surface area contributed by atoms with Crippen LogP contribution in [0.1, 0.15) is 24.6 Å². The van der Waals surface area contributed by atoms with Crippen LogP contribution in [0.2, 0.25) is 0 Å². The van der Waals surface area contributed by atoms with Crippen LogP contribution in [0, 0.1) is 6.92 Å². The van der Waals surface area contributed by atoms with E-state index in [9.17, 15) is 9.90 Å². The summed E-state index contributed by atoms with van der Waals surface area (Å²) in [5.41, 5.74) is 5.27. The smallest absolute Gasteiger partial charge is 0.351 e. The number of hydrogen-bond donors (Lipinski definition) is 2. The largest absolute Gasteiger partial charge is 0.393 e. The Morgan fingerprint density at radius 2 is 2.47 bits per heavy atom. The van der Waals surface area contributed by atoms with E-state index in [1.807, 2.05) is 0 Å². The molecule has 0 radical (unpaired) electrons. The Morgan fingerprint density at radius 1 is 1.68 bits per heavy atom. The van der Waals surface area contributed by atoms with Crippen LogP contribution in [-0.2, 0) is 9.47 Å². The van der Waals surface area contributed by atoms with Gasteiger partial charge in [-0.3, -0.25) is 4.57 Å². The second-order valence-electron chi connectivity index (χ2n) is 5.21. The fourth-order valence-electron chi connectivity index (χ4n) is 2.72. The fourth-order valence-corrected chi connectivity index (χ4v) is 2.72. The number of anilines is 1. The molecule has 3 heterocycles. The van der Waals surface area contributed by atoms with Crippen LogP contribution >= 0.6 is 0 Å². The van der Waals surface area contributed by atoms with Crippen molar-refractivity contribution >= 4 is 5.82 Å². The van der Waals surface area contributed by atoms with Crippen molar-refractivity contribution in [2.45, 2.75) is 37.7 Å². The number of nitrogens with two attached hydrogens (primary N) is 1. The highest BCUT2D eigenvalue weighted by Gasteiger charge is 2.50. The van der Waals surface area contributed by atoms with E-state index in [0.717, 1.165) is 0 Å². The number of hydrogen-bond acceptors (Lipinski definition) is 6. The number of ether oxygens (including phenoxy) is 2. The zero-order valence-corrected chi connectivity index (χ0v) is 10.7. The minimum atomic E-state index is -0.595. The average Bonchev–Trinajstić information content (AvgIpc) is 2.66. The van der Waals surface area contributed by atoms with Crippen molar-refractivity contribution in [1.29, 1.82) is 0 Å². The lowest BCUT2D eigenvalue weighted by atomic mass is 9.94. The van der Waals surface area contributed by atoms with Gasteiger partial charge in [-0.2, -0.15) is 4.98 Å². The number of aromatic nitrogens is 2. The van der Waals surface area contributed by atoms with Gasteiger partial charge >= 0.3 is 5.69 Å². The highest BCUT2D eigenvalue weighted by atomic mass is 16.6. The lowest BCUT2D eigenvalue weighted by Crippen LogP contribution is -2.37. The van der Waals surface area contributed by atoms with Crippen LogP contribution < -0.4 is 11.4 Å². The zero-order valence-electron chi connectivity index (χ0n) is 10.7. The van der Waals surface area contributed by atoms with Crippen LogP contribution in [0.5, 0.6) is 0 Å². The Labute approximate surface area is 110 Å². The van der Waals surface area contributed by atoms with E-state index in [1.165, 1.54) is 4.57 Å². The molecule has 1 aromatic rings. The standard InChI is InChI=1S/C12H17N3O4/c1-7-5-15(11(17)14-9(7)13)10-8-4-12(6-16,19-10)2-3-18-8/h5,8,10,16H,2-4,6H2,1H3,(H2,13,14,17)/t8-,10-,12+/m1/s1. The van der Waals surface area contributed by atoms with Crippen molar-refractivity contribution in [2.24, 2.45) is 0 Å². The van der Waals surface area contributed by atoms with Gasteiger partial charge in [-0.05, 0) is 6.92 Å². The van der Waals surface area contributed by atoms with Crippen LogP contribution in [0.25, 0.3) is 0 Å². The van der Waals surface area contributed by atoms with E-state index in [0.29, 0.717) is 25.0 Å². The van der Waals surface area contributed by atoms with Gasteiger partial charge in [0, 0.05) is 24.6 Å². The average molecular weight is 267 g/mol. The molecule has 3 atom stereocenters. The maximum Gasteiger partial charge on any atom is 0.351 e. The summed E-state index contributed by atoms with van der Waals surface area (Å²) in [6.45, 7) is 2.24. The van der Waals surface area contributed by atoms with Gasteiger partial charge in [-0.15, -0.1) is 0 Å². The quantitative estimate of drug-likeness (QED) is 0.754. The number of aliphatic hydroxyl groups excluding tert-OH is 1. The molecule has 2 aliphatic heterocycles. The van der Waals surface area contributed by atoms with E-state index in [-0.39, 0.29) is 18.5 Å². The summed E-state index contributed by atoms with van der Waals surface area (Å²) in [4.78, 5) is 15.7. The molecule has 104 valence electrons. The fraction of sp³-hybridized carbons (Fsp3) is 0.667. The zero-order chi connectivity index (χ0) is 13.6. The lowest BCUT2D eigenvalue weighted by Gasteiger charge is -2.28. The lowest BCUT2D eigenvalue weighted by molar-refractivity contribution is -0.0983. The van der Waals surface area contributed by atoms with Crippen molar-refractivity contribution in [3.8, 4) is 0 Å². The molecule has 3 rings (SSSR count). The van der Waals surface area contributed by atoms with Gasteiger partial charge in [0.05, 0.1) is 18.8 Å². The summed E-state index contributed by atoms with van der Waals surface area (Å²) >= 11 is 0. The summed E-state index contributed by atoms with van der Waals surface area (Å²) in [6.07, 6.45) is 2.07. The van der Waals surface area contributed by atoms with Crippen molar-refractivity contribution < 1.29 is 14.6 Å². The first-order valence-corrected chi connectivity index (χ1v) is 6.30. The molecular weight excluding hydrogens is 250 g/mol. The van der Waals surface area contributed by atoms with E-state index in [1.54, 1.807) is 13.1 Å². The molecule has 2 fully saturated rings. The molecule has 0 saturated carbocycles. The second kappa shape index (κ2) is 4.29. The summed E-state index contributed by atoms with van der Waals surface area (Å²) in [5, 5.41) is 9.50. The van der Waals surface area contributed by atoms with Crippen molar-refractivity contribution in [1.82, 2.24) is 9.55 Å². The topological polar surface area (TPSA) is 99.6 Å². The Kier molecular flexibility index (Phi) is 2.84. The monoisotopic (exact) mass is 267 g/mol. The number of aryl methyl sites for hydroxylation is 1. The van der Waals surface area contributed by atoms with E-state index < -0.39 is 17.5 Å². The minimum Gasteiger partial charge on any atom is -0.393 e. The summed E-state index contributed by atoms with van der Waals surface area (Å²) in [7, 11) is 0. The molecule has 0 amide bonds. The summed E-state index contributed by atoms with van der Waals surface area (Å²) in [6, 6.07) is 0. The molecule has 2 saturated heterocycles. The predicted octanol–water partition coefficient (Wildman–Crippen LogP) is -0.427. The van der Waals surface area contributed by atoms with Gasteiger partial charge in [0.25, 0.3) is 0 Å². The first-order valence-electron chi connectivity index (χ1n) is 6.30. The van der Waals surface area contributed by atoms with Crippen molar-refractivity contribution in [2.75, 3.05) is 18.9 Å². The molecule has 0 aromatic carbocycles. The molecule has 7 heteroatoms. The van der Waals surface area contributed by atoms with E-state index >= 15 is 0 Å². The van der Waals surface area contributed by atoms with Crippen LogP contribution in [-0.4, -0.2) is 39.6 Å². The van der Waals surface area contributed by atoms with Gasteiger partial charge < -0.3 is 20.3 Å². The van der Waals surface area contributed by atoms with Crippen LogP contribution in [0.3, 0.4) is 0 Å². The SMILES string of the molecule is Cc1cn([C@@H]2O[C@@]3(CO)CCO[C@@H]2C3)c(=O)nc1N.